The highest BCUT2D eigenvalue weighted by Crippen LogP contribution is 2.45. The number of nitrogens with one attached hydrogen (secondary N) is 1. The first-order valence-electron chi connectivity index (χ1n) is 8.55. The van der Waals surface area contributed by atoms with Gasteiger partial charge in [-0.15, -0.1) is 0 Å². The van der Waals surface area contributed by atoms with Gasteiger partial charge in [-0.2, -0.15) is 5.10 Å². The van der Waals surface area contributed by atoms with Crippen LogP contribution in [-0.2, 0) is 6.73 Å². The van der Waals surface area contributed by atoms with Crippen LogP contribution in [0.5, 0.6) is 0 Å². The van der Waals surface area contributed by atoms with Crippen LogP contribution < -0.4 is 16.1 Å². The molecule has 11 heteroatoms. The zero-order valence-electron chi connectivity index (χ0n) is 15.2. The third kappa shape index (κ3) is 2.70. The Morgan fingerprint density at radius 3 is 2.68 bits per heavy atom. The van der Waals surface area contributed by atoms with E-state index in [0.29, 0.717) is 11.3 Å². The van der Waals surface area contributed by atoms with Crippen LogP contribution in [0.1, 0.15) is 13.8 Å². The third-order valence-corrected chi connectivity index (χ3v) is 5.09. The van der Waals surface area contributed by atoms with Crippen molar-refractivity contribution in [2.75, 3.05) is 18.0 Å². The molecule has 0 radical (unpaired) electrons. The molecule has 3 aromatic heterocycles. The summed E-state index contributed by atoms with van der Waals surface area (Å²) in [5.41, 5.74) is -1.72. The molecule has 0 atom stereocenters. The number of nitrogens with zero attached hydrogens (tertiary/aromatic N) is 5. The first-order valence-corrected chi connectivity index (χ1v) is 8.55. The van der Waals surface area contributed by atoms with Crippen LogP contribution >= 0.6 is 0 Å². The lowest BCUT2D eigenvalue weighted by Crippen LogP contribution is -2.34. The number of aromatic nitrogens is 5. The lowest BCUT2D eigenvalue weighted by molar-refractivity contribution is -0.0642. The number of aromatic amines is 1. The SMILES string of the molecule is CC1(C)CN(c2cc(-c3cn(CO)c(=O)[nH]c3=O)nn3ccnc23)CC1(F)F. The third-order valence-electron chi connectivity index (χ3n) is 5.09. The summed E-state index contributed by atoms with van der Waals surface area (Å²) in [7, 11) is 0. The Kier molecular flexibility index (Phi) is 3.89. The number of hydrogen-bond acceptors (Lipinski definition) is 6. The molecule has 0 unspecified atom stereocenters. The smallest absolute Gasteiger partial charge is 0.330 e. The van der Waals surface area contributed by atoms with E-state index in [1.807, 2.05) is 0 Å². The fraction of sp³-hybridized carbons (Fsp3) is 0.412. The molecule has 28 heavy (non-hydrogen) atoms. The number of aliphatic hydroxyl groups is 1. The van der Waals surface area contributed by atoms with Crippen molar-refractivity contribution >= 4 is 11.3 Å². The fourth-order valence-corrected chi connectivity index (χ4v) is 3.33. The van der Waals surface area contributed by atoms with Crippen molar-refractivity contribution in [3.8, 4) is 11.3 Å². The van der Waals surface area contributed by atoms with Crippen molar-refractivity contribution in [1.29, 1.82) is 0 Å². The molecule has 1 aliphatic heterocycles. The monoisotopic (exact) mass is 392 g/mol. The maximum atomic E-state index is 14.4. The van der Waals surface area contributed by atoms with Crippen LogP contribution in [0.25, 0.3) is 16.9 Å². The number of fused-ring (bicyclic) bond motifs is 1. The molecule has 0 aromatic carbocycles. The van der Waals surface area contributed by atoms with Crippen molar-refractivity contribution in [3.05, 3.63) is 45.5 Å². The number of rotatable bonds is 3. The molecular formula is C17H18F2N6O3. The largest absolute Gasteiger partial charge is 0.376 e. The molecule has 1 aliphatic rings. The number of imidazole rings is 1. The molecule has 0 saturated carbocycles. The van der Waals surface area contributed by atoms with Crippen molar-refractivity contribution in [2.24, 2.45) is 5.41 Å². The molecule has 148 valence electrons. The summed E-state index contributed by atoms with van der Waals surface area (Å²) in [5.74, 6) is -2.90. The molecule has 1 saturated heterocycles. The fourth-order valence-electron chi connectivity index (χ4n) is 3.33. The van der Waals surface area contributed by atoms with Crippen LogP contribution in [0.4, 0.5) is 14.5 Å². The van der Waals surface area contributed by atoms with Gasteiger partial charge in [0.2, 0.25) is 0 Å². The van der Waals surface area contributed by atoms with Gasteiger partial charge in [-0.3, -0.25) is 14.3 Å². The summed E-state index contributed by atoms with van der Waals surface area (Å²) >= 11 is 0. The van der Waals surface area contributed by atoms with E-state index in [-0.39, 0.29) is 17.8 Å². The number of aliphatic hydroxyl groups excluding tert-OH is 1. The molecule has 2 N–H and O–H groups in total. The van der Waals surface area contributed by atoms with E-state index in [1.165, 1.54) is 47.9 Å². The second-order valence-corrected chi connectivity index (χ2v) is 7.47. The number of halogens is 2. The zero-order valence-corrected chi connectivity index (χ0v) is 15.2. The normalized spacial score (nSPS) is 18.1. The van der Waals surface area contributed by atoms with Crippen molar-refractivity contribution < 1.29 is 13.9 Å². The lowest BCUT2D eigenvalue weighted by Gasteiger charge is -2.24. The van der Waals surface area contributed by atoms with Crippen LogP contribution in [0.3, 0.4) is 0 Å². The van der Waals surface area contributed by atoms with Crippen LogP contribution in [-0.4, -0.2) is 48.3 Å². The summed E-state index contributed by atoms with van der Waals surface area (Å²) in [6, 6.07) is 1.50. The molecule has 9 nitrogen and oxygen atoms in total. The van der Waals surface area contributed by atoms with E-state index < -0.39 is 35.9 Å². The van der Waals surface area contributed by atoms with Gasteiger partial charge in [0.1, 0.15) is 12.4 Å². The standard InChI is InChI=1S/C17H18F2N6O3/c1-16(2)7-24(8-17(16,18)19)12-5-11(22-25-4-3-20-13(12)25)10-6-23(9-26)15(28)21-14(10)27/h3-6,26H,7-9H2,1-2H3,(H,21,27,28). The number of alkyl halides is 2. The minimum absolute atomic E-state index is 0.0238. The van der Waals surface area contributed by atoms with E-state index >= 15 is 0 Å². The predicted molar refractivity (Wildman–Crippen MR) is 96.5 cm³/mol. The minimum atomic E-state index is -2.90. The van der Waals surface area contributed by atoms with E-state index in [9.17, 15) is 23.5 Å². The minimum Gasteiger partial charge on any atom is -0.376 e. The van der Waals surface area contributed by atoms with Gasteiger partial charge in [-0.1, -0.05) is 13.8 Å². The molecule has 4 heterocycles. The molecule has 0 amide bonds. The van der Waals surface area contributed by atoms with Crippen molar-refractivity contribution in [3.63, 3.8) is 0 Å². The van der Waals surface area contributed by atoms with Gasteiger partial charge >= 0.3 is 5.69 Å². The van der Waals surface area contributed by atoms with Gasteiger partial charge in [0.25, 0.3) is 11.5 Å². The van der Waals surface area contributed by atoms with E-state index in [0.717, 1.165) is 4.57 Å². The summed E-state index contributed by atoms with van der Waals surface area (Å²) < 4.78 is 31.1. The van der Waals surface area contributed by atoms with Crippen LogP contribution in [0.2, 0.25) is 0 Å². The average molecular weight is 392 g/mol. The van der Waals surface area contributed by atoms with Crippen LogP contribution in [0.15, 0.2) is 34.2 Å². The van der Waals surface area contributed by atoms with Gasteiger partial charge in [0, 0.05) is 30.6 Å². The maximum absolute atomic E-state index is 14.4. The molecule has 4 rings (SSSR count). The Morgan fingerprint density at radius 1 is 1.29 bits per heavy atom. The second kappa shape index (κ2) is 5.96. The molecule has 0 bridgehead atoms. The summed E-state index contributed by atoms with van der Waals surface area (Å²) in [6.45, 7) is 1.98. The van der Waals surface area contributed by atoms with Crippen LogP contribution in [0, 0.1) is 5.41 Å². The molecular weight excluding hydrogens is 374 g/mol. The second-order valence-electron chi connectivity index (χ2n) is 7.47. The average Bonchev–Trinajstić information content (AvgIpc) is 3.16. The highest BCUT2D eigenvalue weighted by atomic mass is 19.3. The molecule has 0 spiro atoms. The quantitative estimate of drug-likeness (QED) is 0.679. The topological polar surface area (TPSA) is 109 Å². The number of hydrogen-bond donors (Lipinski definition) is 2. The highest BCUT2D eigenvalue weighted by Gasteiger charge is 2.54. The zero-order chi connectivity index (χ0) is 20.3. The highest BCUT2D eigenvalue weighted by molar-refractivity contribution is 5.74. The Morgan fingerprint density at radius 2 is 2.04 bits per heavy atom. The maximum Gasteiger partial charge on any atom is 0.330 e. The summed E-state index contributed by atoms with van der Waals surface area (Å²) in [4.78, 5) is 31.8. The summed E-state index contributed by atoms with van der Waals surface area (Å²) in [5, 5.41) is 13.6. The molecule has 1 fully saturated rings. The van der Waals surface area contributed by atoms with Gasteiger partial charge in [0.05, 0.1) is 17.8 Å². The van der Waals surface area contributed by atoms with Gasteiger partial charge in [-0.25, -0.2) is 23.1 Å². The molecule has 3 aromatic rings. The first kappa shape index (κ1) is 18.3. The Hall–Kier alpha value is -3.08. The van der Waals surface area contributed by atoms with Crippen molar-refractivity contribution in [2.45, 2.75) is 26.5 Å². The van der Waals surface area contributed by atoms with Crippen molar-refractivity contribution in [1.82, 2.24) is 24.1 Å². The van der Waals surface area contributed by atoms with Gasteiger partial charge < -0.3 is 10.0 Å². The Balaban J connectivity index is 1.90. The predicted octanol–water partition coefficient (Wildman–Crippen LogP) is 0.678. The number of anilines is 1. The van der Waals surface area contributed by atoms with Gasteiger partial charge in [-0.05, 0) is 6.07 Å². The van der Waals surface area contributed by atoms with E-state index in [1.54, 1.807) is 0 Å². The number of H-pyrrole nitrogens is 1. The van der Waals surface area contributed by atoms with E-state index in [4.69, 9.17) is 0 Å². The Labute approximate surface area is 156 Å². The lowest BCUT2D eigenvalue weighted by atomic mass is 9.89. The summed E-state index contributed by atoms with van der Waals surface area (Å²) in [6.07, 6.45) is 4.20. The first-order chi connectivity index (χ1) is 13.1. The Bertz CT molecular complexity index is 1160. The van der Waals surface area contributed by atoms with E-state index in [2.05, 4.69) is 15.1 Å². The molecule has 0 aliphatic carbocycles. The van der Waals surface area contributed by atoms with Gasteiger partial charge in [0.15, 0.2) is 5.65 Å².